The number of pyridine rings is 1. The highest BCUT2D eigenvalue weighted by atomic mass is 16.2. The van der Waals surface area contributed by atoms with Crippen LogP contribution in [0.3, 0.4) is 0 Å². The van der Waals surface area contributed by atoms with Gasteiger partial charge in [0.1, 0.15) is 5.82 Å². The fraction of sp³-hybridized carbons (Fsp3) is 0.250. The number of carbonyl (C=O) groups is 2. The zero-order chi connectivity index (χ0) is 19.5. The first-order valence-electron chi connectivity index (χ1n) is 9.17. The lowest BCUT2D eigenvalue weighted by molar-refractivity contribution is -0.127. The van der Waals surface area contributed by atoms with Crippen molar-refractivity contribution in [2.75, 3.05) is 13.1 Å². The summed E-state index contributed by atoms with van der Waals surface area (Å²) in [4.78, 5) is 34.1. The van der Waals surface area contributed by atoms with Crippen LogP contribution in [0.25, 0.3) is 17.2 Å². The van der Waals surface area contributed by atoms with Gasteiger partial charge in [0, 0.05) is 43.3 Å². The highest BCUT2D eigenvalue weighted by Crippen LogP contribution is 2.19. The lowest BCUT2D eigenvalue weighted by Gasteiger charge is -2.14. The quantitative estimate of drug-likeness (QED) is 0.703. The Bertz CT molecular complexity index is 997. The van der Waals surface area contributed by atoms with Gasteiger partial charge in [0.25, 0.3) is 0 Å². The molecule has 0 unspecified atom stereocenters. The topological polar surface area (TPSA) is 107 Å². The number of rotatable bonds is 6. The molecule has 0 radical (unpaired) electrons. The molecular formula is C20H20N6O2. The van der Waals surface area contributed by atoms with Gasteiger partial charge in [-0.15, -0.1) is 5.10 Å². The number of primary amides is 1. The Morgan fingerprint density at radius 2 is 1.96 bits per heavy atom. The molecule has 1 saturated heterocycles. The van der Waals surface area contributed by atoms with Gasteiger partial charge in [0.15, 0.2) is 11.6 Å². The molecule has 0 bridgehead atoms. The molecular weight excluding hydrogens is 356 g/mol. The van der Waals surface area contributed by atoms with Gasteiger partial charge in [-0.3, -0.25) is 9.59 Å². The summed E-state index contributed by atoms with van der Waals surface area (Å²) in [5, 5.41) is 4.61. The summed E-state index contributed by atoms with van der Waals surface area (Å²) in [5.74, 6) is 1.63. The van der Waals surface area contributed by atoms with E-state index in [0.29, 0.717) is 36.6 Å². The first kappa shape index (κ1) is 17.8. The number of nitrogens with zero attached hydrogens (tertiary/aromatic N) is 5. The Kier molecular flexibility index (Phi) is 4.84. The fourth-order valence-electron chi connectivity index (χ4n) is 3.25. The van der Waals surface area contributed by atoms with Crippen molar-refractivity contribution in [3.8, 4) is 17.2 Å². The Morgan fingerprint density at radius 3 is 2.61 bits per heavy atom. The summed E-state index contributed by atoms with van der Waals surface area (Å²) in [6, 6.07) is 12.4. The minimum atomic E-state index is -0.477. The zero-order valence-electron chi connectivity index (χ0n) is 15.3. The largest absolute Gasteiger partial charge is 0.366 e. The van der Waals surface area contributed by atoms with Crippen molar-refractivity contribution in [1.29, 1.82) is 0 Å². The second-order valence-electron chi connectivity index (χ2n) is 6.63. The predicted octanol–water partition coefficient (Wildman–Crippen LogP) is 1.59. The first-order chi connectivity index (χ1) is 13.6. The lowest BCUT2D eigenvalue weighted by atomic mass is 10.1. The van der Waals surface area contributed by atoms with E-state index < -0.39 is 5.91 Å². The van der Waals surface area contributed by atoms with E-state index in [-0.39, 0.29) is 5.91 Å². The van der Waals surface area contributed by atoms with E-state index in [2.05, 4.69) is 15.1 Å². The molecule has 1 aromatic carbocycles. The van der Waals surface area contributed by atoms with Crippen molar-refractivity contribution in [2.45, 2.75) is 19.3 Å². The van der Waals surface area contributed by atoms with Crippen molar-refractivity contribution in [1.82, 2.24) is 24.6 Å². The molecule has 0 atom stereocenters. The lowest BCUT2D eigenvalue weighted by Crippen LogP contribution is -2.27. The fourth-order valence-corrected chi connectivity index (χ4v) is 3.25. The Balaban J connectivity index is 1.65. The van der Waals surface area contributed by atoms with Gasteiger partial charge < -0.3 is 10.6 Å². The summed E-state index contributed by atoms with van der Waals surface area (Å²) < 4.78 is 1.71. The van der Waals surface area contributed by atoms with Crippen molar-refractivity contribution in [3.05, 3.63) is 60.0 Å². The molecule has 8 nitrogen and oxygen atoms in total. The molecule has 3 aromatic rings. The second kappa shape index (κ2) is 7.59. The molecule has 142 valence electrons. The molecule has 0 aliphatic carbocycles. The summed E-state index contributed by atoms with van der Waals surface area (Å²) in [7, 11) is 0. The van der Waals surface area contributed by atoms with Gasteiger partial charge in [-0.25, -0.2) is 9.97 Å². The van der Waals surface area contributed by atoms with Crippen LogP contribution in [-0.4, -0.2) is 49.6 Å². The van der Waals surface area contributed by atoms with E-state index in [1.54, 1.807) is 35.1 Å². The number of carbonyl (C=O) groups excluding carboxylic acids is 2. The van der Waals surface area contributed by atoms with Crippen LogP contribution in [0.5, 0.6) is 0 Å². The summed E-state index contributed by atoms with van der Waals surface area (Å²) in [6.45, 7) is 1.39. The highest BCUT2D eigenvalue weighted by molar-refractivity contribution is 5.93. The van der Waals surface area contributed by atoms with Crippen LogP contribution >= 0.6 is 0 Å². The number of hydrogen-bond acceptors (Lipinski definition) is 5. The maximum absolute atomic E-state index is 11.9. The van der Waals surface area contributed by atoms with Crippen LogP contribution in [-0.2, 0) is 11.2 Å². The zero-order valence-corrected chi connectivity index (χ0v) is 15.3. The van der Waals surface area contributed by atoms with Crippen molar-refractivity contribution in [3.63, 3.8) is 0 Å². The molecule has 1 aliphatic rings. The van der Waals surface area contributed by atoms with Crippen LogP contribution < -0.4 is 5.73 Å². The van der Waals surface area contributed by atoms with Crippen molar-refractivity contribution >= 4 is 11.8 Å². The molecule has 0 saturated carbocycles. The number of amides is 2. The Morgan fingerprint density at radius 1 is 1.14 bits per heavy atom. The van der Waals surface area contributed by atoms with Crippen LogP contribution in [0.4, 0.5) is 0 Å². The third-order valence-corrected chi connectivity index (χ3v) is 4.74. The van der Waals surface area contributed by atoms with Gasteiger partial charge in [0.05, 0.1) is 0 Å². The maximum atomic E-state index is 11.9. The molecule has 8 heteroatoms. The molecule has 3 heterocycles. The van der Waals surface area contributed by atoms with E-state index >= 15 is 0 Å². The first-order valence-corrected chi connectivity index (χ1v) is 9.17. The van der Waals surface area contributed by atoms with Gasteiger partial charge in [-0.05, 0) is 30.7 Å². The smallest absolute Gasteiger partial charge is 0.248 e. The van der Waals surface area contributed by atoms with E-state index in [9.17, 15) is 9.59 Å². The number of likely N-dealkylation sites (tertiary alicyclic amines) is 1. The normalized spacial score (nSPS) is 13.9. The maximum Gasteiger partial charge on any atom is 0.248 e. The summed E-state index contributed by atoms with van der Waals surface area (Å²) >= 11 is 0. The number of aromatic nitrogens is 4. The van der Waals surface area contributed by atoms with Gasteiger partial charge in [-0.2, -0.15) is 4.68 Å². The second-order valence-corrected chi connectivity index (χ2v) is 6.63. The third kappa shape index (κ3) is 3.62. The number of benzene rings is 1. The monoisotopic (exact) mass is 376 g/mol. The minimum Gasteiger partial charge on any atom is -0.366 e. The molecule has 4 rings (SSSR count). The third-order valence-electron chi connectivity index (χ3n) is 4.74. The van der Waals surface area contributed by atoms with E-state index in [1.165, 1.54) is 0 Å². The molecule has 1 aliphatic heterocycles. The minimum absolute atomic E-state index is 0.186. The SMILES string of the molecule is NC(=O)c1ccc(-c2nc(CCN3CCCC3=O)n(-c3ccccn3)n2)cc1. The standard InChI is InChI=1S/C20H20N6O2/c21-19(28)14-6-8-15(9-7-14)20-23-17(10-13-25-12-3-5-18(25)27)26(24-20)16-4-1-2-11-22-16/h1-2,4,6-9,11H,3,5,10,12-13H2,(H2,21,28). The van der Waals surface area contributed by atoms with E-state index in [1.807, 2.05) is 23.1 Å². The molecule has 1 fully saturated rings. The average Bonchev–Trinajstić information content (AvgIpc) is 3.33. The Hall–Kier alpha value is -3.55. The predicted molar refractivity (Wildman–Crippen MR) is 103 cm³/mol. The molecule has 28 heavy (non-hydrogen) atoms. The van der Waals surface area contributed by atoms with Crippen molar-refractivity contribution in [2.24, 2.45) is 5.73 Å². The molecule has 2 N–H and O–H groups in total. The van der Waals surface area contributed by atoms with Crippen LogP contribution in [0, 0.1) is 0 Å². The average molecular weight is 376 g/mol. The number of hydrogen-bond donors (Lipinski definition) is 1. The van der Waals surface area contributed by atoms with Gasteiger partial charge in [-0.1, -0.05) is 18.2 Å². The van der Waals surface area contributed by atoms with Crippen LogP contribution in [0.2, 0.25) is 0 Å². The van der Waals surface area contributed by atoms with E-state index in [4.69, 9.17) is 5.73 Å². The molecule has 0 spiro atoms. The van der Waals surface area contributed by atoms with Crippen molar-refractivity contribution < 1.29 is 9.59 Å². The number of nitrogens with two attached hydrogens (primary N) is 1. The summed E-state index contributed by atoms with van der Waals surface area (Å²) in [5.41, 5.74) is 6.51. The highest BCUT2D eigenvalue weighted by Gasteiger charge is 2.21. The summed E-state index contributed by atoms with van der Waals surface area (Å²) in [6.07, 6.45) is 3.80. The molecule has 2 aromatic heterocycles. The van der Waals surface area contributed by atoms with Gasteiger partial charge >= 0.3 is 0 Å². The molecule has 2 amide bonds. The van der Waals surface area contributed by atoms with Gasteiger partial charge in [0.2, 0.25) is 11.8 Å². The Labute approximate surface area is 162 Å². The van der Waals surface area contributed by atoms with Crippen LogP contribution in [0.1, 0.15) is 29.0 Å². The van der Waals surface area contributed by atoms with Crippen LogP contribution in [0.15, 0.2) is 48.7 Å². The van der Waals surface area contributed by atoms with E-state index in [0.717, 1.165) is 24.4 Å².